The van der Waals surface area contributed by atoms with Crippen molar-refractivity contribution < 1.29 is 14.7 Å². The molecule has 27 heavy (non-hydrogen) atoms. The molecular formula is C21H29N3O3. The summed E-state index contributed by atoms with van der Waals surface area (Å²) >= 11 is 0. The van der Waals surface area contributed by atoms with Crippen LogP contribution in [0.1, 0.15) is 43.6 Å². The van der Waals surface area contributed by atoms with Crippen LogP contribution in [-0.2, 0) is 9.59 Å². The highest BCUT2D eigenvalue weighted by molar-refractivity contribution is 5.80. The third kappa shape index (κ3) is 3.95. The van der Waals surface area contributed by atoms with Crippen LogP contribution in [0.5, 0.6) is 0 Å². The number of likely N-dealkylation sites (tertiary alicyclic amines) is 1. The van der Waals surface area contributed by atoms with E-state index in [9.17, 15) is 14.7 Å². The predicted octanol–water partition coefficient (Wildman–Crippen LogP) is 1.49. The molecule has 2 N–H and O–H groups in total. The van der Waals surface area contributed by atoms with Crippen molar-refractivity contribution in [1.29, 1.82) is 0 Å². The number of nitrogens with zero attached hydrogens (tertiary/aromatic N) is 2. The van der Waals surface area contributed by atoms with Crippen molar-refractivity contribution in [2.24, 2.45) is 5.92 Å². The average molecular weight is 371 g/mol. The fraction of sp³-hybridized carbons (Fsp3) is 0.619. The van der Waals surface area contributed by atoms with Gasteiger partial charge in [0, 0.05) is 50.6 Å². The van der Waals surface area contributed by atoms with E-state index >= 15 is 0 Å². The molecule has 146 valence electrons. The van der Waals surface area contributed by atoms with Crippen LogP contribution in [0.3, 0.4) is 0 Å². The third-order valence-electron chi connectivity index (χ3n) is 6.18. The lowest BCUT2D eigenvalue weighted by atomic mass is 9.97. The number of likely N-dealkylation sites (N-methyl/N-ethyl adjacent to an activating group) is 1. The summed E-state index contributed by atoms with van der Waals surface area (Å²) in [5.41, 5.74) is 2.42. The van der Waals surface area contributed by atoms with Crippen LogP contribution in [0.4, 0.5) is 5.69 Å². The molecule has 1 aromatic carbocycles. The Morgan fingerprint density at radius 1 is 1.19 bits per heavy atom. The van der Waals surface area contributed by atoms with Gasteiger partial charge in [0.1, 0.15) is 0 Å². The Morgan fingerprint density at radius 2 is 1.96 bits per heavy atom. The number of para-hydroxylation sites is 1. The number of hydrogen-bond donors (Lipinski definition) is 2. The van der Waals surface area contributed by atoms with Gasteiger partial charge in [-0.25, -0.2) is 0 Å². The van der Waals surface area contributed by atoms with Crippen molar-refractivity contribution in [2.75, 3.05) is 31.6 Å². The molecule has 3 aliphatic rings. The molecule has 1 aliphatic carbocycles. The summed E-state index contributed by atoms with van der Waals surface area (Å²) in [7, 11) is 2.06. The summed E-state index contributed by atoms with van der Waals surface area (Å²) in [4.78, 5) is 29.1. The van der Waals surface area contributed by atoms with E-state index in [1.807, 2.05) is 12.1 Å². The second-order valence-electron chi connectivity index (χ2n) is 8.37. The number of carbonyl (C=O) groups excluding carboxylic acids is 2. The Bertz CT molecular complexity index is 718. The number of aliphatic hydroxyl groups is 1. The maximum atomic E-state index is 13.0. The van der Waals surface area contributed by atoms with Gasteiger partial charge in [-0.3, -0.25) is 9.59 Å². The number of nitrogens with one attached hydrogen (secondary N) is 1. The Balaban J connectivity index is 1.37. The molecule has 2 amide bonds. The van der Waals surface area contributed by atoms with Crippen molar-refractivity contribution in [3.8, 4) is 0 Å². The highest BCUT2D eigenvalue weighted by Gasteiger charge is 2.38. The van der Waals surface area contributed by atoms with Crippen LogP contribution >= 0.6 is 0 Å². The molecule has 4 rings (SSSR count). The molecule has 1 saturated carbocycles. The standard InChI is InChI=1S/C21H29N3O3/c1-23-11-15(18-4-2-3-5-19(18)23)9-21(27)24-12-16(10-17(24)13-25)22-20(26)8-14-6-7-14/h2-5,14-17,25H,6-13H2,1H3,(H,22,26)/t15?,16-,17-/m0/s1. The first-order valence-electron chi connectivity index (χ1n) is 10.0. The van der Waals surface area contributed by atoms with Gasteiger partial charge in [0.25, 0.3) is 0 Å². The van der Waals surface area contributed by atoms with Crippen molar-refractivity contribution in [3.63, 3.8) is 0 Å². The minimum absolute atomic E-state index is 0.0455. The highest BCUT2D eigenvalue weighted by atomic mass is 16.3. The maximum absolute atomic E-state index is 13.0. The largest absolute Gasteiger partial charge is 0.394 e. The fourth-order valence-electron chi connectivity index (χ4n) is 4.58. The molecule has 1 unspecified atom stereocenters. The van der Waals surface area contributed by atoms with Gasteiger partial charge in [-0.05, 0) is 36.8 Å². The van der Waals surface area contributed by atoms with Crippen molar-refractivity contribution in [1.82, 2.24) is 10.2 Å². The van der Waals surface area contributed by atoms with E-state index < -0.39 is 0 Å². The molecule has 0 spiro atoms. The van der Waals surface area contributed by atoms with Crippen molar-refractivity contribution in [2.45, 2.75) is 50.1 Å². The van der Waals surface area contributed by atoms with Gasteiger partial charge in [0.2, 0.25) is 11.8 Å². The van der Waals surface area contributed by atoms with E-state index in [0.717, 1.165) is 19.4 Å². The van der Waals surface area contributed by atoms with Gasteiger partial charge in [0.05, 0.1) is 12.6 Å². The van der Waals surface area contributed by atoms with Gasteiger partial charge in [-0.1, -0.05) is 18.2 Å². The number of fused-ring (bicyclic) bond motifs is 1. The first kappa shape index (κ1) is 18.3. The molecule has 2 aliphatic heterocycles. The molecular weight excluding hydrogens is 342 g/mol. The summed E-state index contributed by atoms with van der Waals surface area (Å²) in [6.07, 6.45) is 3.98. The monoisotopic (exact) mass is 371 g/mol. The molecule has 0 bridgehead atoms. The number of aliphatic hydroxyl groups excluding tert-OH is 1. The number of amides is 2. The summed E-state index contributed by atoms with van der Waals surface area (Å²) < 4.78 is 0. The van der Waals surface area contributed by atoms with E-state index in [1.165, 1.54) is 11.3 Å². The second-order valence-corrected chi connectivity index (χ2v) is 8.37. The molecule has 2 fully saturated rings. The highest BCUT2D eigenvalue weighted by Crippen LogP contribution is 2.37. The van der Waals surface area contributed by atoms with Crippen LogP contribution in [-0.4, -0.2) is 60.6 Å². The summed E-state index contributed by atoms with van der Waals surface area (Å²) in [5, 5.41) is 12.8. The van der Waals surface area contributed by atoms with Crippen LogP contribution in [0.25, 0.3) is 0 Å². The quantitative estimate of drug-likeness (QED) is 0.795. The fourth-order valence-corrected chi connectivity index (χ4v) is 4.58. The third-order valence-corrected chi connectivity index (χ3v) is 6.18. The van der Waals surface area contributed by atoms with Gasteiger partial charge in [0.15, 0.2) is 0 Å². The lowest BCUT2D eigenvalue weighted by Crippen LogP contribution is -2.40. The molecule has 2 heterocycles. The van der Waals surface area contributed by atoms with E-state index in [4.69, 9.17) is 0 Å². The molecule has 1 aromatic rings. The Hall–Kier alpha value is -2.08. The molecule has 6 nitrogen and oxygen atoms in total. The SMILES string of the molecule is CN1CC(CC(=O)N2C[C@@H](NC(=O)CC3CC3)C[C@H]2CO)c2ccccc21. The zero-order valence-corrected chi connectivity index (χ0v) is 15.9. The van der Waals surface area contributed by atoms with Crippen LogP contribution in [0.15, 0.2) is 24.3 Å². The van der Waals surface area contributed by atoms with Crippen LogP contribution < -0.4 is 10.2 Å². The van der Waals surface area contributed by atoms with Gasteiger partial charge >= 0.3 is 0 Å². The summed E-state index contributed by atoms with van der Waals surface area (Å²) in [5.74, 6) is 0.890. The summed E-state index contributed by atoms with van der Waals surface area (Å²) in [6.45, 7) is 1.29. The number of carbonyl (C=O) groups is 2. The van der Waals surface area contributed by atoms with Crippen molar-refractivity contribution in [3.05, 3.63) is 29.8 Å². The number of benzene rings is 1. The van der Waals surface area contributed by atoms with E-state index in [1.54, 1.807) is 4.90 Å². The number of anilines is 1. The number of hydrogen-bond acceptors (Lipinski definition) is 4. The van der Waals surface area contributed by atoms with E-state index in [0.29, 0.717) is 31.7 Å². The number of rotatable bonds is 6. The molecule has 1 saturated heterocycles. The lowest BCUT2D eigenvalue weighted by molar-refractivity contribution is -0.133. The first-order chi connectivity index (χ1) is 13.0. The molecule has 0 radical (unpaired) electrons. The lowest BCUT2D eigenvalue weighted by Gasteiger charge is -2.24. The summed E-state index contributed by atoms with van der Waals surface area (Å²) in [6, 6.07) is 8.00. The average Bonchev–Trinajstić information content (AvgIpc) is 3.28. The van der Waals surface area contributed by atoms with Crippen molar-refractivity contribution >= 4 is 17.5 Å². The van der Waals surface area contributed by atoms with Gasteiger partial charge < -0.3 is 20.2 Å². The Kier molecular flexibility index (Phi) is 5.08. The zero-order chi connectivity index (χ0) is 19.0. The smallest absolute Gasteiger partial charge is 0.223 e. The van der Waals surface area contributed by atoms with Gasteiger partial charge in [-0.2, -0.15) is 0 Å². The van der Waals surface area contributed by atoms with Gasteiger partial charge in [-0.15, -0.1) is 0 Å². The maximum Gasteiger partial charge on any atom is 0.223 e. The zero-order valence-electron chi connectivity index (χ0n) is 15.9. The van der Waals surface area contributed by atoms with Crippen LogP contribution in [0.2, 0.25) is 0 Å². The molecule has 3 atom stereocenters. The molecule has 6 heteroatoms. The Labute approximate surface area is 160 Å². The minimum atomic E-state index is -0.196. The topological polar surface area (TPSA) is 72.9 Å². The second kappa shape index (κ2) is 7.50. The van der Waals surface area contributed by atoms with E-state index in [2.05, 4.69) is 29.4 Å². The first-order valence-corrected chi connectivity index (χ1v) is 10.0. The molecule has 0 aromatic heterocycles. The predicted molar refractivity (Wildman–Crippen MR) is 104 cm³/mol. The van der Waals surface area contributed by atoms with E-state index in [-0.39, 0.29) is 36.4 Å². The normalized spacial score (nSPS) is 27.0. The minimum Gasteiger partial charge on any atom is -0.394 e. The van der Waals surface area contributed by atoms with Crippen LogP contribution in [0, 0.1) is 5.92 Å². The Morgan fingerprint density at radius 3 is 2.70 bits per heavy atom.